The van der Waals surface area contributed by atoms with Gasteiger partial charge in [-0.15, -0.1) is 0 Å². The molecule has 0 bridgehead atoms. The van der Waals surface area contributed by atoms with Crippen molar-refractivity contribution in [1.29, 1.82) is 0 Å². The second-order valence-corrected chi connectivity index (χ2v) is 18.0. The van der Waals surface area contributed by atoms with Crippen molar-refractivity contribution >= 4 is 0 Å². The Morgan fingerprint density at radius 2 is 0.703 bits per heavy atom. The zero-order valence-electron chi connectivity index (χ0n) is 26.9. The highest BCUT2D eigenvalue weighted by molar-refractivity contribution is 5.41. The molecule has 0 heteroatoms. The molecule has 0 aromatic heterocycles. The highest BCUT2D eigenvalue weighted by Gasteiger charge is 2.50. The molecule has 1 fully saturated rings. The Morgan fingerprint density at radius 3 is 0.865 bits per heavy atom. The maximum Gasteiger partial charge on any atom is 0.00723 e. The van der Waals surface area contributed by atoms with Gasteiger partial charge in [0.15, 0.2) is 0 Å². The van der Waals surface area contributed by atoms with Crippen LogP contribution in [-0.4, -0.2) is 0 Å². The predicted octanol–water partition coefficient (Wildman–Crippen LogP) is 13.3. The van der Waals surface area contributed by atoms with Gasteiger partial charge in [0.05, 0.1) is 0 Å². The van der Waals surface area contributed by atoms with Crippen molar-refractivity contribution in [2.24, 2.45) is 56.2 Å². The standard InChI is InChI=1S/C17H34.C17H30.3CH4/c2*1-15(2,3)12-10-11-13(16(4,5)6)14(12)17(7,8)9;;;/h12-14H,10-11H2,1-9H3;10-11,14H,1-9H3;3*1H4. The average molecular weight is 521 g/mol. The Labute approximate surface area is 239 Å². The van der Waals surface area contributed by atoms with E-state index in [0.717, 1.165) is 17.8 Å². The molecule has 0 saturated heterocycles. The van der Waals surface area contributed by atoms with Crippen LogP contribution in [0.2, 0.25) is 0 Å². The second-order valence-electron chi connectivity index (χ2n) is 18.0. The lowest BCUT2D eigenvalue weighted by atomic mass is 9.59. The summed E-state index contributed by atoms with van der Waals surface area (Å²) in [4.78, 5) is 0. The minimum Gasteiger partial charge on any atom is -0.0776 e. The first-order chi connectivity index (χ1) is 14.7. The van der Waals surface area contributed by atoms with Crippen molar-refractivity contribution in [2.75, 3.05) is 0 Å². The van der Waals surface area contributed by atoms with Gasteiger partial charge in [0.1, 0.15) is 0 Å². The lowest BCUT2D eigenvalue weighted by molar-refractivity contribution is 0.0300. The summed E-state index contributed by atoms with van der Waals surface area (Å²) in [7, 11) is 0. The Kier molecular flexibility index (Phi) is 14.1. The average Bonchev–Trinajstić information content (AvgIpc) is 3.17. The zero-order valence-corrected chi connectivity index (χ0v) is 26.9. The van der Waals surface area contributed by atoms with E-state index < -0.39 is 0 Å². The van der Waals surface area contributed by atoms with Crippen molar-refractivity contribution in [3.8, 4) is 0 Å². The molecular weight excluding hydrogens is 444 g/mol. The number of hydrogen-bond donors (Lipinski definition) is 0. The first kappa shape index (κ1) is 41.0. The van der Waals surface area contributed by atoms with Gasteiger partial charge in [-0.25, -0.2) is 0 Å². The van der Waals surface area contributed by atoms with Crippen LogP contribution in [-0.2, 0) is 0 Å². The van der Waals surface area contributed by atoms with E-state index in [1.807, 2.05) is 0 Å². The summed E-state index contributed by atoms with van der Waals surface area (Å²) in [5.74, 6) is 3.21. The minimum atomic E-state index is 0. The van der Waals surface area contributed by atoms with Gasteiger partial charge in [0, 0.05) is 5.92 Å². The Balaban J connectivity index is -0.000000578. The number of allylic oxidation sites excluding steroid dienone is 4. The molecule has 2 unspecified atom stereocenters. The molecule has 2 aliphatic carbocycles. The molecular formula is C37H76. The van der Waals surface area contributed by atoms with Crippen molar-refractivity contribution in [3.63, 3.8) is 0 Å². The monoisotopic (exact) mass is 521 g/mol. The molecule has 0 nitrogen and oxygen atoms in total. The fourth-order valence-electron chi connectivity index (χ4n) is 6.99. The quantitative estimate of drug-likeness (QED) is 0.298. The number of rotatable bonds is 0. The third kappa shape index (κ3) is 10.5. The molecule has 0 aromatic carbocycles. The molecule has 2 rings (SSSR count). The molecule has 224 valence electrons. The summed E-state index contributed by atoms with van der Waals surface area (Å²) >= 11 is 0. The molecule has 2 atom stereocenters. The summed E-state index contributed by atoms with van der Waals surface area (Å²) in [5.41, 5.74) is 5.37. The van der Waals surface area contributed by atoms with Crippen molar-refractivity contribution in [3.05, 3.63) is 23.3 Å². The first-order valence-corrected chi connectivity index (χ1v) is 14.1. The van der Waals surface area contributed by atoms with E-state index in [2.05, 4.69) is 137 Å². The second kappa shape index (κ2) is 12.8. The van der Waals surface area contributed by atoms with Gasteiger partial charge >= 0.3 is 0 Å². The van der Waals surface area contributed by atoms with Crippen LogP contribution < -0.4 is 0 Å². The van der Waals surface area contributed by atoms with Gasteiger partial charge in [0.2, 0.25) is 0 Å². The predicted molar refractivity (Wildman–Crippen MR) is 176 cm³/mol. The third-order valence-corrected chi connectivity index (χ3v) is 8.54. The fraction of sp³-hybridized carbons (Fsp3) is 0.892. The Hall–Kier alpha value is -0.520. The molecule has 0 spiro atoms. The van der Waals surface area contributed by atoms with Crippen molar-refractivity contribution in [2.45, 2.75) is 160 Å². The van der Waals surface area contributed by atoms with Crippen LogP contribution in [0.5, 0.6) is 0 Å². The zero-order chi connectivity index (χ0) is 27.3. The van der Waals surface area contributed by atoms with Gasteiger partial charge in [-0.2, -0.15) is 0 Å². The van der Waals surface area contributed by atoms with Crippen LogP contribution in [0.4, 0.5) is 0 Å². The van der Waals surface area contributed by atoms with E-state index in [1.165, 1.54) is 12.8 Å². The van der Waals surface area contributed by atoms with E-state index in [0.29, 0.717) is 27.6 Å². The highest BCUT2D eigenvalue weighted by atomic mass is 14.5. The summed E-state index contributed by atoms with van der Waals surface area (Å²) in [6.45, 7) is 43.0. The molecule has 0 aliphatic heterocycles. The highest BCUT2D eigenvalue weighted by Crippen LogP contribution is 2.58. The van der Waals surface area contributed by atoms with Gasteiger partial charge in [-0.1, -0.05) is 170 Å². The van der Waals surface area contributed by atoms with Crippen LogP contribution in [0.15, 0.2) is 23.3 Å². The van der Waals surface area contributed by atoms with Crippen LogP contribution in [0, 0.1) is 56.2 Å². The maximum atomic E-state index is 2.44. The largest absolute Gasteiger partial charge is 0.0776 e. The van der Waals surface area contributed by atoms with E-state index in [1.54, 1.807) is 11.1 Å². The van der Waals surface area contributed by atoms with E-state index in [4.69, 9.17) is 0 Å². The lowest BCUT2D eigenvalue weighted by Gasteiger charge is -2.45. The topological polar surface area (TPSA) is 0 Å². The minimum absolute atomic E-state index is 0. The fourth-order valence-corrected chi connectivity index (χ4v) is 6.99. The van der Waals surface area contributed by atoms with Gasteiger partial charge in [0.25, 0.3) is 0 Å². The van der Waals surface area contributed by atoms with Crippen LogP contribution in [0.3, 0.4) is 0 Å². The smallest absolute Gasteiger partial charge is 0.00723 e. The molecule has 0 radical (unpaired) electrons. The van der Waals surface area contributed by atoms with Crippen molar-refractivity contribution < 1.29 is 0 Å². The molecule has 0 N–H and O–H groups in total. The summed E-state index contributed by atoms with van der Waals surface area (Å²) in [5, 5.41) is 0. The summed E-state index contributed by atoms with van der Waals surface area (Å²) in [6.07, 6.45) is 7.59. The third-order valence-electron chi connectivity index (χ3n) is 8.54. The first-order valence-electron chi connectivity index (χ1n) is 14.1. The molecule has 1 saturated carbocycles. The maximum absolute atomic E-state index is 2.44. The van der Waals surface area contributed by atoms with Crippen LogP contribution >= 0.6 is 0 Å². The number of hydrogen-bond acceptors (Lipinski definition) is 0. The van der Waals surface area contributed by atoms with E-state index in [9.17, 15) is 0 Å². The Morgan fingerprint density at radius 1 is 0.432 bits per heavy atom. The van der Waals surface area contributed by atoms with Crippen LogP contribution in [0.1, 0.15) is 160 Å². The normalized spacial score (nSPS) is 23.6. The van der Waals surface area contributed by atoms with Crippen molar-refractivity contribution in [1.82, 2.24) is 0 Å². The summed E-state index contributed by atoms with van der Waals surface area (Å²) < 4.78 is 0. The molecule has 0 amide bonds. The van der Waals surface area contributed by atoms with Gasteiger partial charge in [-0.05, 0) is 63.1 Å². The molecule has 2 aliphatic rings. The molecule has 0 aromatic rings. The van der Waals surface area contributed by atoms with E-state index in [-0.39, 0.29) is 33.1 Å². The lowest BCUT2D eigenvalue weighted by Crippen LogP contribution is -2.39. The summed E-state index contributed by atoms with van der Waals surface area (Å²) in [6, 6.07) is 0. The van der Waals surface area contributed by atoms with Gasteiger partial charge in [-0.3, -0.25) is 0 Å². The van der Waals surface area contributed by atoms with E-state index >= 15 is 0 Å². The Bertz CT molecular complexity index is 677. The van der Waals surface area contributed by atoms with Crippen LogP contribution in [0.25, 0.3) is 0 Å². The van der Waals surface area contributed by atoms with Gasteiger partial charge < -0.3 is 0 Å². The SMILES string of the molecule is C.C.C.CC(C)(C)C1=CC=C(C(C)(C)C)C1C(C)(C)C.CC(C)(C)C1CCC(C(C)(C)C)C1C(C)(C)C. The molecule has 0 heterocycles. The molecule has 37 heavy (non-hydrogen) atoms.